The molecule has 0 bridgehead atoms. The summed E-state index contributed by atoms with van der Waals surface area (Å²) in [5, 5.41) is 5.27. The number of hydrogen-bond acceptors (Lipinski definition) is 4. The number of aromatic nitrogens is 2. The van der Waals surface area contributed by atoms with Gasteiger partial charge in [-0.15, -0.1) is 0 Å². The molecule has 1 heterocycles. The summed E-state index contributed by atoms with van der Waals surface area (Å²) in [4.78, 5) is 18.3. The first kappa shape index (κ1) is 25.8. The highest BCUT2D eigenvalue weighted by Crippen LogP contribution is 2.32. The molecule has 0 radical (unpaired) electrons. The minimum atomic E-state index is -0.115. The Bertz CT molecular complexity index is 1460. The molecule has 4 aromatic rings. The Morgan fingerprint density at radius 1 is 1.03 bits per heavy atom. The van der Waals surface area contributed by atoms with Gasteiger partial charge in [-0.1, -0.05) is 59.5 Å². The zero-order chi connectivity index (χ0) is 25.1. The van der Waals surface area contributed by atoms with Crippen molar-refractivity contribution >= 4 is 78.2 Å². The number of fused-ring (bicyclic) bond motifs is 1. The molecule has 1 saturated carbocycles. The summed E-state index contributed by atoms with van der Waals surface area (Å²) in [6.45, 7) is 0.496. The Labute approximate surface area is 245 Å². The Morgan fingerprint density at radius 3 is 2.44 bits per heavy atom. The molecule has 0 amide bonds. The smallest absolute Gasteiger partial charge is 0.282 e. The van der Waals surface area contributed by atoms with Gasteiger partial charge in [0.2, 0.25) is 0 Å². The molecular weight excluding hydrogens is 744 g/mol. The van der Waals surface area contributed by atoms with Crippen molar-refractivity contribution in [2.45, 2.75) is 44.6 Å². The first-order valence-electron chi connectivity index (χ1n) is 11.9. The molecule has 184 valence electrons. The average Bonchev–Trinajstić information content (AvgIpc) is 2.89. The van der Waals surface area contributed by atoms with Crippen molar-refractivity contribution in [3.63, 3.8) is 0 Å². The van der Waals surface area contributed by atoms with Crippen LogP contribution in [0.4, 0.5) is 0 Å². The average molecular weight is 768 g/mol. The van der Waals surface area contributed by atoms with Gasteiger partial charge in [-0.25, -0.2) is 4.98 Å². The molecule has 3 aromatic carbocycles. The molecule has 8 heteroatoms. The number of ether oxygens (including phenoxy) is 1. The number of para-hydroxylation sites is 1. The van der Waals surface area contributed by atoms with Crippen LogP contribution in [0.25, 0.3) is 10.9 Å². The van der Waals surface area contributed by atoms with E-state index in [2.05, 4.69) is 66.2 Å². The maximum Gasteiger partial charge on any atom is 0.282 e. The molecule has 0 saturated heterocycles. The van der Waals surface area contributed by atoms with E-state index in [1.54, 1.807) is 6.21 Å². The maximum atomic E-state index is 13.4. The van der Waals surface area contributed by atoms with Crippen molar-refractivity contribution in [2.75, 3.05) is 0 Å². The van der Waals surface area contributed by atoms with Crippen molar-refractivity contribution < 1.29 is 4.74 Å². The van der Waals surface area contributed by atoms with Crippen LogP contribution in [0.15, 0.2) is 75.0 Å². The third kappa shape index (κ3) is 5.85. The number of rotatable bonds is 6. The Hall–Kier alpha value is -1.79. The van der Waals surface area contributed by atoms with Crippen molar-refractivity contribution in [3.8, 4) is 5.75 Å². The lowest BCUT2D eigenvalue weighted by atomic mass is 9.88. The van der Waals surface area contributed by atoms with Gasteiger partial charge in [0.25, 0.3) is 5.56 Å². The fraction of sp³-hybridized carbons (Fsp3) is 0.250. The molecule has 0 N–H and O–H groups in total. The van der Waals surface area contributed by atoms with E-state index in [0.717, 1.165) is 65.5 Å². The van der Waals surface area contributed by atoms with E-state index in [1.165, 1.54) is 11.1 Å². The van der Waals surface area contributed by atoms with Crippen molar-refractivity contribution in [1.29, 1.82) is 0 Å². The molecule has 1 aliphatic carbocycles. The van der Waals surface area contributed by atoms with Crippen LogP contribution in [-0.2, 0) is 6.61 Å². The van der Waals surface area contributed by atoms with E-state index in [1.807, 2.05) is 60.7 Å². The van der Waals surface area contributed by atoms with Gasteiger partial charge in [-0.05, 0) is 106 Å². The molecule has 5 rings (SSSR count). The molecule has 0 unspecified atom stereocenters. The van der Waals surface area contributed by atoms with E-state index in [-0.39, 0.29) is 11.5 Å². The Morgan fingerprint density at radius 2 is 1.72 bits per heavy atom. The number of halogens is 3. The molecular formula is C28H24BrI2N3O2. The zero-order valence-electron chi connectivity index (χ0n) is 19.5. The molecule has 5 nitrogen and oxygen atoms in total. The third-order valence-electron chi connectivity index (χ3n) is 6.39. The Balaban J connectivity index is 1.45. The minimum absolute atomic E-state index is 0.115. The Kier molecular flexibility index (Phi) is 8.42. The lowest BCUT2D eigenvalue weighted by Crippen LogP contribution is -2.25. The molecule has 1 aromatic heterocycles. The number of hydrogen-bond donors (Lipinski definition) is 0. The largest absolute Gasteiger partial charge is 0.487 e. The SMILES string of the molecule is O=c1c2ccccc2nc(C2CCCCC2)n1N=Cc1cc(I)c(OCc2ccc(Br)cc2)c(I)c1. The van der Waals surface area contributed by atoms with E-state index in [9.17, 15) is 4.79 Å². The predicted octanol–water partition coefficient (Wildman–Crippen LogP) is 7.88. The first-order chi connectivity index (χ1) is 17.5. The van der Waals surface area contributed by atoms with Gasteiger partial charge in [-0.2, -0.15) is 9.78 Å². The zero-order valence-corrected chi connectivity index (χ0v) is 25.4. The van der Waals surface area contributed by atoms with Gasteiger partial charge in [0, 0.05) is 10.4 Å². The van der Waals surface area contributed by atoms with Crippen LogP contribution in [0, 0.1) is 7.14 Å². The minimum Gasteiger partial charge on any atom is -0.487 e. The highest BCUT2D eigenvalue weighted by molar-refractivity contribution is 14.1. The number of benzene rings is 3. The summed E-state index contributed by atoms with van der Waals surface area (Å²) in [6, 6.07) is 19.7. The topological polar surface area (TPSA) is 56.5 Å². The molecule has 1 fully saturated rings. The second-order valence-corrected chi connectivity index (χ2v) is 12.2. The quantitative estimate of drug-likeness (QED) is 0.148. The molecule has 0 aliphatic heterocycles. The van der Waals surface area contributed by atoms with Gasteiger partial charge in [-0.3, -0.25) is 4.79 Å². The van der Waals surface area contributed by atoms with Crippen LogP contribution in [0.3, 0.4) is 0 Å². The monoisotopic (exact) mass is 767 g/mol. The summed E-state index contributed by atoms with van der Waals surface area (Å²) >= 11 is 8.06. The van der Waals surface area contributed by atoms with Crippen LogP contribution in [0.1, 0.15) is 55.0 Å². The molecule has 0 spiro atoms. The molecule has 36 heavy (non-hydrogen) atoms. The van der Waals surface area contributed by atoms with Crippen LogP contribution in [0.2, 0.25) is 0 Å². The summed E-state index contributed by atoms with van der Waals surface area (Å²) in [6.07, 6.45) is 7.41. The van der Waals surface area contributed by atoms with E-state index >= 15 is 0 Å². The lowest BCUT2D eigenvalue weighted by Gasteiger charge is -2.22. The first-order valence-corrected chi connectivity index (χ1v) is 14.9. The van der Waals surface area contributed by atoms with E-state index < -0.39 is 0 Å². The lowest BCUT2D eigenvalue weighted by molar-refractivity contribution is 0.301. The second-order valence-electron chi connectivity index (χ2n) is 8.91. The number of nitrogens with zero attached hydrogens (tertiary/aromatic N) is 3. The summed E-state index contributed by atoms with van der Waals surface area (Å²) < 4.78 is 10.7. The van der Waals surface area contributed by atoms with Crippen molar-refractivity contribution in [2.24, 2.45) is 5.10 Å². The van der Waals surface area contributed by atoms with Gasteiger partial charge in [0.05, 0.1) is 24.3 Å². The van der Waals surface area contributed by atoms with Gasteiger partial charge < -0.3 is 4.74 Å². The standard InChI is InChI=1S/C28H24BrI2N3O2/c29-21-12-10-18(11-13-21)17-36-26-23(30)14-19(15-24(26)31)16-32-34-27(20-6-2-1-3-7-20)33-25-9-5-4-8-22(25)28(34)35/h4-5,8-16,20H,1-3,6-7,17H2. The van der Waals surface area contributed by atoms with Gasteiger partial charge >= 0.3 is 0 Å². The third-order valence-corrected chi connectivity index (χ3v) is 8.52. The van der Waals surface area contributed by atoms with Crippen LogP contribution >= 0.6 is 61.1 Å². The summed E-state index contributed by atoms with van der Waals surface area (Å²) in [7, 11) is 0. The van der Waals surface area contributed by atoms with Crippen LogP contribution in [0.5, 0.6) is 5.75 Å². The van der Waals surface area contributed by atoms with Gasteiger partial charge in [0.1, 0.15) is 18.2 Å². The maximum absolute atomic E-state index is 13.4. The van der Waals surface area contributed by atoms with Crippen LogP contribution < -0.4 is 10.3 Å². The molecule has 0 atom stereocenters. The van der Waals surface area contributed by atoms with Gasteiger partial charge in [0.15, 0.2) is 0 Å². The van der Waals surface area contributed by atoms with E-state index in [4.69, 9.17) is 9.72 Å². The highest BCUT2D eigenvalue weighted by atomic mass is 127. The van der Waals surface area contributed by atoms with Crippen LogP contribution in [-0.4, -0.2) is 15.9 Å². The summed E-state index contributed by atoms with van der Waals surface area (Å²) in [5.74, 6) is 1.88. The van der Waals surface area contributed by atoms with E-state index in [0.29, 0.717) is 12.0 Å². The van der Waals surface area contributed by atoms with Crippen molar-refractivity contribution in [3.05, 3.63) is 99.6 Å². The highest BCUT2D eigenvalue weighted by Gasteiger charge is 2.22. The summed E-state index contributed by atoms with van der Waals surface area (Å²) in [5.41, 5.74) is 2.64. The fourth-order valence-electron chi connectivity index (χ4n) is 4.53. The molecule has 1 aliphatic rings. The second kappa shape index (κ2) is 11.7. The van der Waals surface area contributed by atoms with Crippen molar-refractivity contribution in [1.82, 2.24) is 9.66 Å². The fourth-order valence-corrected chi connectivity index (χ4v) is 6.92. The normalized spacial score (nSPS) is 14.5. The predicted molar refractivity (Wildman–Crippen MR) is 165 cm³/mol.